The van der Waals surface area contributed by atoms with E-state index >= 15 is 0 Å². The molecule has 0 spiro atoms. The molecular weight excluding hydrogens is 178 g/mol. The van der Waals surface area contributed by atoms with Crippen molar-refractivity contribution in [2.24, 2.45) is 0 Å². The zero-order chi connectivity index (χ0) is 10.9. The normalized spacial score (nSPS) is 11.6. The molecular formula is C11H23NO2. The van der Waals surface area contributed by atoms with Crippen molar-refractivity contribution >= 4 is 0 Å². The summed E-state index contributed by atoms with van der Waals surface area (Å²) in [4.78, 5) is 0. The topological polar surface area (TPSA) is 41.5 Å². The van der Waals surface area contributed by atoms with E-state index in [1.54, 1.807) is 0 Å². The van der Waals surface area contributed by atoms with Crippen LogP contribution in [-0.2, 0) is 4.74 Å². The van der Waals surface area contributed by atoms with Gasteiger partial charge in [-0.05, 0) is 33.2 Å². The minimum absolute atomic E-state index is 0.573. The maximum absolute atomic E-state index is 9.41. The fourth-order valence-electron chi connectivity index (χ4n) is 0.932. The molecule has 0 aromatic carbocycles. The molecule has 3 heteroatoms. The molecule has 0 fully saturated rings. The summed E-state index contributed by atoms with van der Waals surface area (Å²) in [7, 11) is 0. The zero-order valence-corrected chi connectivity index (χ0v) is 9.38. The number of rotatable bonds is 9. The van der Waals surface area contributed by atoms with Crippen molar-refractivity contribution in [3.05, 3.63) is 12.7 Å². The molecule has 0 unspecified atom stereocenters. The Labute approximate surface area is 87.2 Å². The van der Waals surface area contributed by atoms with E-state index in [0.29, 0.717) is 0 Å². The van der Waals surface area contributed by atoms with E-state index in [0.717, 1.165) is 39.1 Å². The number of hydrogen-bond donors (Lipinski definition) is 2. The van der Waals surface area contributed by atoms with Gasteiger partial charge in [-0.3, -0.25) is 0 Å². The second-order valence-electron chi connectivity index (χ2n) is 4.00. The molecule has 0 amide bonds. The number of aliphatic hydroxyl groups is 1. The second-order valence-corrected chi connectivity index (χ2v) is 4.00. The van der Waals surface area contributed by atoms with Crippen LogP contribution in [0.3, 0.4) is 0 Å². The van der Waals surface area contributed by atoms with Crippen molar-refractivity contribution in [2.45, 2.75) is 32.3 Å². The quantitative estimate of drug-likeness (QED) is 0.437. The first-order valence-corrected chi connectivity index (χ1v) is 5.18. The molecule has 3 nitrogen and oxygen atoms in total. The molecule has 0 saturated heterocycles. The molecule has 84 valence electrons. The van der Waals surface area contributed by atoms with Crippen LogP contribution in [-0.4, -0.2) is 37.0 Å². The summed E-state index contributed by atoms with van der Waals surface area (Å²) in [5.74, 6) is 0. The summed E-state index contributed by atoms with van der Waals surface area (Å²) in [5.41, 5.74) is -0.573. The Morgan fingerprint density at radius 1 is 1.36 bits per heavy atom. The van der Waals surface area contributed by atoms with Crippen LogP contribution in [0.1, 0.15) is 26.7 Å². The van der Waals surface area contributed by atoms with E-state index in [9.17, 15) is 5.11 Å². The molecule has 0 bridgehead atoms. The van der Waals surface area contributed by atoms with Crippen LogP contribution in [0, 0.1) is 0 Å². The van der Waals surface area contributed by atoms with Crippen LogP contribution < -0.4 is 5.32 Å². The van der Waals surface area contributed by atoms with Crippen LogP contribution in [0.15, 0.2) is 12.7 Å². The SMILES string of the molecule is C=CCCOCCNCCC(C)(C)O. The third kappa shape index (κ3) is 11.6. The van der Waals surface area contributed by atoms with E-state index in [-0.39, 0.29) is 0 Å². The van der Waals surface area contributed by atoms with Gasteiger partial charge in [0, 0.05) is 6.54 Å². The second kappa shape index (κ2) is 7.97. The highest BCUT2D eigenvalue weighted by Crippen LogP contribution is 2.04. The lowest BCUT2D eigenvalue weighted by molar-refractivity contribution is 0.0699. The Bertz CT molecular complexity index is 141. The highest BCUT2D eigenvalue weighted by Gasteiger charge is 2.10. The van der Waals surface area contributed by atoms with Crippen LogP contribution in [0.25, 0.3) is 0 Å². The first kappa shape index (κ1) is 13.6. The molecule has 0 heterocycles. The molecule has 0 aliphatic rings. The smallest absolute Gasteiger partial charge is 0.0603 e. The van der Waals surface area contributed by atoms with E-state index < -0.39 is 5.60 Å². The number of nitrogens with one attached hydrogen (secondary N) is 1. The maximum Gasteiger partial charge on any atom is 0.0603 e. The summed E-state index contributed by atoms with van der Waals surface area (Å²) in [5, 5.41) is 12.6. The Kier molecular flexibility index (Phi) is 7.76. The molecule has 0 aliphatic carbocycles. The largest absolute Gasteiger partial charge is 0.390 e. The fourth-order valence-corrected chi connectivity index (χ4v) is 0.932. The average molecular weight is 201 g/mol. The molecule has 2 N–H and O–H groups in total. The minimum Gasteiger partial charge on any atom is -0.390 e. The van der Waals surface area contributed by atoms with Gasteiger partial charge >= 0.3 is 0 Å². The summed E-state index contributed by atoms with van der Waals surface area (Å²) < 4.78 is 5.31. The Morgan fingerprint density at radius 3 is 2.64 bits per heavy atom. The van der Waals surface area contributed by atoms with Crippen LogP contribution in [0.5, 0.6) is 0 Å². The van der Waals surface area contributed by atoms with Gasteiger partial charge in [-0.25, -0.2) is 0 Å². The number of ether oxygens (including phenoxy) is 1. The van der Waals surface area contributed by atoms with E-state index in [1.165, 1.54) is 0 Å². The first-order valence-electron chi connectivity index (χ1n) is 5.18. The standard InChI is InChI=1S/C11H23NO2/c1-4-5-9-14-10-8-12-7-6-11(2,3)13/h4,12-13H,1,5-10H2,2-3H3. The van der Waals surface area contributed by atoms with Gasteiger partial charge in [-0.2, -0.15) is 0 Å². The van der Waals surface area contributed by atoms with Crippen LogP contribution in [0.2, 0.25) is 0 Å². The van der Waals surface area contributed by atoms with Gasteiger partial charge in [-0.1, -0.05) is 6.08 Å². The van der Waals surface area contributed by atoms with Crippen molar-refractivity contribution in [1.82, 2.24) is 5.32 Å². The van der Waals surface area contributed by atoms with Crippen LogP contribution in [0.4, 0.5) is 0 Å². The zero-order valence-electron chi connectivity index (χ0n) is 9.38. The maximum atomic E-state index is 9.41. The van der Waals surface area contributed by atoms with Crippen molar-refractivity contribution in [1.29, 1.82) is 0 Å². The predicted molar refractivity (Wildman–Crippen MR) is 59.4 cm³/mol. The van der Waals surface area contributed by atoms with E-state index in [1.807, 2.05) is 19.9 Å². The molecule has 0 aromatic heterocycles. The van der Waals surface area contributed by atoms with Crippen molar-refractivity contribution in [2.75, 3.05) is 26.3 Å². The average Bonchev–Trinajstić information content (AvgIpc) is 2.08. The molecule has 0 atom stereocenters. The third-order valence-corrected chi connectivity index (χ3v) is 1.80. The summed E-state index contributed by atoms with van der Waals surface area (Å²) in [6.45, 7) is 10.4. The Morgan fingerprint density at radius 2 is 2.07 bits per heavy atom. The van der Waals surface area contributed by atoms with Gasteiger partial charge < -0.3 is 15.2 Å². The summed E-state index contributed by atoms with van der Waals surface area (Å²) in [6.07, 6.45) is 3.52. The van der Waals surface area contributed by atoms with Gasteiger partial charge in [0.05, 0.1) is 18.8 Å². The van der Waals surface area contributed by atoms with Crippen molar-refractivity contribution in [3.8, 4) is 0 Å². The van der Waals surface area contributed by atoms with Crippen LogP contribution >= 0.6 is 0 Å². The van der Waals surface area contributed by atoms with Crippen molar-refractivity contribution < 1.29 is 9.84 Å². The minimum atomic E-state index is -0.573. The Balaban J connectivity index is 3.03. The summed E-state index contributed by atoms with van der Waals surface area (Å²) >= 11 is 0. The lowest BCUT2D eigenvalue weighted by Crippen LogP contribution is -2.28. The monoisotopic (exact) mass is 201 g/mol. The van der Waals surface area contributed by atoms with Gasteiger partial charge in [0.25, 0.3) is 0 Å². The molecule has 0 radical (unpaired) electrons. The Hall–Kier alpha value is -0.380. The van der Waals surface area contributed by atoms with Gasteiger partial charge in [0.2, 0.25) is 0 Å². The third-order valence-electron chi connectivity index (χ3n) is 1.80. The molecule has 14 heavy (non-hydrogen) atoms. The predicted octanol–water partition coefficient (Wildman–Crippen LogP) is 1.33. The van der Waals surface area contributed by atoms with Gasteiger partial charge in [0.1, 0.15) is 0 Å². The fraction of sp³-hybridized carbons (Fsp3) is 0.818. The van der Waals surface area contributed by atoms with Crippen molar-refractivity contribution in [3.63, 3.8) is 0 Å². The first-order chi connectivity index (χ1) is 6.56. The molecule has 0 aromatic rings. The summed E-state index contributed by atoms with van der Waals surface area (Å²) in [6, 6.07) is 0. The number of hydrogen-bond acceptors (Lipinski definition) is 3. The highest BCUT2D eigenvalue weighted by molar-refractivity contribution is 4.66. The highest BCUT2D eigenvalue weighted by atomic mass is 16.5. The lowest BCUT2D eigenvalue weighted by Gasteiger charge is -2.16. The van der Waals surface area contributed by atoms with E-state index in [2.05, 4.69) is 11.9 Å². The van der Waals surface area contributed by atoms with Gasteiger partial charge in [-0.15, -0.1) is 6.58 Å². The lowest BCUT2D eigenvalue weighted by atomic mass is 10.1. The van der Waals surface area contributed by atoms with E-state index in [4.69, 9.17) is 4.74 Å². The molecule has 0 saturated carbocycles. The van der Waals surface area contributed by atoms with Gasteiger partial charge in [0.15, 0.2) is 0 Å². The molecule has 0 rings (SSSR count). The molecule has 0 aliphatic heterocycles.